The maximum Gasteiger partial charge on any atom is 0.243 e. The molecular formula is C6H9N3O2. The van der Waals surface area contributed by atoms with Crippen molar-refractivity contribution in [2.75, 3.05) is 6.54 Å². The highest BCUT2D eigenvalue weighted by atomic mass is 16.5. The van der Waals surface area contributed by atoms with Gasteiger partial charge in [-0.3, -0.25) is 0 Å². The first kappa shape index (κ1) is 6.75. The molecule has 1 aromatic heterocycles. The number of aliphatic hydroxyl groups is 1. The zero-order valence-electron chi connectivity index (χ0n) is 5.90. The van der Waals surface area contributed by atoms with Crippen LogP contribution in [-0.4, -0.2) is 27.9 Å². The second-order valence-electron chi connectivity index (χ2n) is 2.63. The number of aliphatic hydroxyl groups excluding tert-OH is 1. The van der Waals surface area contributed by atoms with Crippen LogP contribution in [0.4, 0.5) is 0 Å². The molecule has 60 valence electrons. The normalized spacial score (nSPS) is 31.0. The van der Waals surface area contributed by atoms with Gasteiger partial charge in [-0.2, -0.15) is 4.98 Å². The number of rotatable bonds is 1. The molecule has 0 aromatic carbocycles. The van der Waals surface area contributed by atoms with Crippen molar-refractivity contribution in [1.82, 2.24) is 15.5 Å². The standard InChI is InChI=1S/C6H9N3O2/c10-4-1-5(7-2-4)6-8-3-9-11-6/h3-5,7,10H,1-2H2/t4-,5+/m0/s1. The van der Waals surface area contributed by atoms with Gasteiger partial charge >= 0.3 is 0 Å². The molecule has 0 amide bonds. The van der Waals surface area contributed by atoms with Crippen LogP contribution in [0.3, 0.4) is 0 Å². The van der Waals surface area contributed by atoms with E-state index in [2.05, 4.69) is 15.5 Å². The summed E-state index contributed by atoms with van der Waals surface area (Å²) in [6, 6.07) is 0.0347. The summed E-state index contributed by atoms with van der Waals surface area (Å²) >= 11 is 0. The number of hydrogen-bond donors (Lipinski definition) is 2. The molecule has 0 unspecified atom stereocenters. The fraction of sp³-hybridized carbons (Fsp3) is 0.667. The Hall–Kier alpha value is -0.940. The fourth-order valence-electron chi connectivity index (χ4n) is 1.24. The van der Waals surface area contributed by atoms with Crippen LogP contribution >= 0.6 is 0 Å². The highest BCUT2D eigenvalue weighted by molar-refractivity contribution is 4.93. The third-order valence-corrected chi connectivity index (χ3v) is 1.78. The smallest absolute Gasteiger partial charge is 0.243 e. The quantitative estimate of drug-likeness (QED) is 0.570. The Kier molecular flexibility index (Phi) is 1.59. The van der Waals surface area contributed by atoms with Crippen LogP contribution in [0.5, 0.6) is 0 Å². The molecule has 0 spiro atoms. The Labute approximate surface area is 63.4 Å². The van der Waals surface area contributed by atoms with Crippen LogP contribution in [0.2, 0.25) is 0 Å². The van der Waals surface area contributed by atoms with Gasteiger partial charge in [0.15, 0.2) is 6.33 Å². The fourth-order valence-corrected chi connectivity index (χ4v) is 1.24. The SMILES string of the molecule is O[C@@H]1CN[C@@H](c2ncno2)C1. The van der Waals surface area contributed by atoms with Crippen LogP contribution in [-0.2, 0) is 0 Å². The van der Waals surface area contributed by atoms with E-state index in [9.17, 15) is 0 Å². The molecule has 0 radical (unpaired) electrons. The molecule has 1 aliphatic rings. The predicted molar refractivity (Wildman–Crippen MR) is 35.7 cm³/mol. The highest BCUT2D eigenvalue weighted by Crippen LogP contribution is 2.20. The number of aromatic nitrogens is 2. The minimum Gasteiger partial charge on any atom is -0.392 e. The van der Waals surface area contributed by atoms with Crippen LogP contribution in [0.1, 0.15) is 18.4 Å². The molecule has 11 heavy (non-hydrogen) atoms. The molecule has 2 heterocycles. The van der Waals surface area contributed by atoms with E-state index in [0.29, 0.717) is 18.9 Å². The maximum absolute atomic E-state index is 9.15. The van der Waals surface area contributed by atoms with Gasteiger partial charge in [0.05, 0.1) is 12.1 Å². The van der Waals surface area contributed by atoms with E-state index in [1.807, 2.05) is 0 Å². The molecule has 5 nitrogen and oxygen atoms in total. The van der Waals surface area contributed by atoms with Crippen molar-refractivity contribution in [3.8, 4) is 0 Å². The molecule has 1 aliphatic heterocycles. The maximum atomic E-state index is 9.15. The molecule has 0 aliphatic carbocycles. The Morgan fingerprint density at radius 3 is 3.18 bits per heavy atom. The van der Waals surface area contributed by atoms with E-state index in [1.165, 1.54) is 6.33 Å². The van der Waals surface area contributed by atoms with Crippen LogP contribution in [0.25, 0.3) is 0 Å². The van der Waals surface area contributed by atoms with Gasteiger partial charge < -0.3 is 14.9 Å². The first-order chi connectivity index (χ1) is 5.36. The van der Waals surface area contributed by atoms with Crippen molar-refractivity contribution in [3.63, 3.8) is 0 Å². The topological polar surface area (TPSA) is 71.2 Å². The van der Waals surface area contributed by atoms with Crippen LogP contribution in [0.15, 0.2) is 10.9 Å². The van der Waals surface area contributed by atoms with Gasteiger partial charge in [-0.25, -0.2) is 0 Å². The van der Waals surface area contributed by atoms with Crippen molar-refractivity contribution in [3.05, 3.63) is 12.2 Å². The van der Waals surface area contributed by atoms with Crippen molar-refractivity contribution in [2.45, 2.75) is 18.6 Å². The van der Waals surface area contributed by atoms with Crippen molar-refractivity contribution < 1.29 is 9.63 Å². The summed E-state index contributed by atoms with van der Waals surface area (Å²) in [5, 5.41) is 15.7. The first-order valence-corrected chi connectivity index (χ1v) is 3.54. The molecule has 1 saturated heterocycles. The lowest BCUT2D eigenvalue weighted by Crippen LogP contribution is -2.14. The summed E-state index contributed by atoms with van der Waals surface area (Å²) in [5.41, 5.74) is 0. The molecule has 2 atom stereocenters. The van der Waals surface area contributed by atoms with E-state index in [1.54, 1.807) is 0 Å². The lowest BCUT2D eigenvalue weighted by Gasteiger charge is -2.00. The van der Waals surface area contributed by atoms with E-state index in [0.717, 1.165) is 0 Å². The molecular weight excluding hydrogens is 146 g/mol. The largest absolute Gasteiger partial charge is 0.392 e. The van der Waals surface area contributed by atoms with Crippen molar-refractivity contribution in [2.24, 2.45) is 0 Å². The number of hydrogen-bond acceptors (Lipinski definition) is 5. The van der Waals surface area contributed by atoms with Gasteiger partial charge in [-0.15, -0.1) is 0 Å². The molecule has 0 bridgehead atoms. The average Bonchev–Trinajstić information content (AvgIpc) is 2.55. The Balaban J connectivity index is 2.08. The number of β-amino-alcohol motifs (C(OH)–C–C–N with tert-alkyl or cyclic N) is 1. The second kappa shape index (κ2) is 2.60. The summed E-state index contributed by atoms with van der Waals surface area (Å²) in [4.78, 5) is 3.88. The minimum atomic E-state index is -0.285. The third-order valence-electron chi connectivity index (χ3n) is 1.78. The lowest BCUT2D eigenvalue weighted by atomic mass is 10.2. The Morgan fingerprint density at radius 2 is 2.64 bits per heavy atom. The molecule has 5 heteroatoms. The van der Waals surface area contributed by atoms with E-state index < -0.39 is 0 Å². The minimum absolute atomic E-state index is 0.0347. The monoisotopic (exact) mass is 155 g/mol. The highest BCUT2D eigenvalue weighted by Gasteiger charge is 2.26. The predicted octanol–water partition coefficient (Wildman–Crippen LogP) is -0.535. The van der Waals surface area contributed by atoms with E-state index in [-0.39, 0.29) is 12.1 Å². The lowest BCUT2D eigenvalue weighted by molar-refractivity contribution is 0.191. The van der Waals surface area contributed by atoms with Gasteiger partial charge in [-0.05, 0) is 6.42 Å². The Bertz CT molecular complexity index is 224. The molecule has 1 aromatic rings. The molecule has 2 N–H and O–H groups in total. The van der Waals surface area contributed by atoms with Crippen LogP contribution < -0.4 is 5.32 Å². The first-order valence-electron chi connectivity index (χ1n) is 3.54. The van der Waals surface area contributed by atoms with Crippen LogP contribution in [0, 0.1) is 0 Å². The van der Waals surface area contributed by atoms with Gasteiger partial charge in [0.2, 0.25) is 5.89 Å². The summed E-state index contributed by atoms with van der Waals surface area (Å²) in [6.45, 7) is 0.604. The summed E-state index contributed by atoms with van der Waals surface area (Å²) < 4.78 is 4.83. The zero-order valence-corrected chi connectivity index (χ0v) is 5.90. The van der Waals surface area contributed by atoms with Gasteiger partial charge in [-0.1, -0.05) is 5.16 Å². The van der Waals surface area contributed by atoms with Gasteiger partial charge in [0.25, 0.3) is 0 Å². The molecule has 0 saturated carbocycles. The van der Waals surface area contributed by atoms with E-state index in [4.69, 9.17) is 9.63 Å². The second-order valence-corrected chi connectivity index (χ2v) is 2.63. The summed E-state index contributed by atoms with van der Waals surface area (Å²) in [7, 11) is 0. The van der Waals surface area contributed by atoms with Crippen molar-refractivity contribution >= 4 is 0 Å². The zero-order chi connectivity index (χ0) is 7.68. The Morgan fingerprint density at radius 1 is 1.73 bits per heavy atom. The van der Waals surface area contributed by atoms with Gasteiger partial charge in [0, 0.05) is 6.54 Å². The average molecular weight is 155 g/mol. The summed E-state index contributed by atoms with van der Waals surface area (Å²) in [5.74, 6) is 0.557. The number of nitrogens with one attached hydrogen (secondary N) is 1. The molecule has 1 fully saturated rings. The van der Waals surface area contributed by atoms with Gasteiger partial charge in [0.1, 0.15) is 0 Å². The summed E-state index contributed by atoms with van der Waals surface area (Å²) in [6.07, 6.45) is 1.73. The van der Waals surface area contributed by atoms with Crippen molar-refractivity contribution in [1.29, 1.82) is 0 Å². The molecule has 2 rings (SSSR count). The number of nitrogens with zero attached hydrogens (tertiary/aromatic N) is 2. The third kappa shape index (κ3) is 1.24. The van der Waals surface area contributed by atoms with E-state index >= 15 is 0 Å².